The molecule has 5 heteroatoms. The number of carbonyl (C=O) groups is 1. The molecule has 0 aliphatic heterocycles. The van der Waals surface area contributed by atoms with Gasteiger partial charge in [0.25, 0.3) is 0 Å². The summed E-state index contributed by atoms with van der Waals surface area (Å²) in [7, 11) is 0. The smallest absolute Gasteiger partial charge is 0.237 e. The zero-order valence-corrected chi connectivity index (χ0v) is 10.5. The van der Waals surface area contributed by atoms with Crippen LogP contribution >= 0.6 is 0 Å². The van der Waals surface area contributed by atoms with E-state index in [1.165, 1.54) is 0 Å². The number of nitrogens with one attached hydrogen (secondary N) is 1. The molecule has 1 unspecified atom stereocenters. The number of hydrogen-bond acceptors (Lipinski definition) is 4. The van der Waals surface area contributed by atoms with E-state index in [1.54, 1.807) is 0 Å². The largest absolute Gasteiger partial charge is 0.398 e. The number of carbonyl (C=O) groups excluding carboxylic acids is 1. The monoisotopic (exact) mass is 256 g/mol. The number of nitrogens with zero attached hydrogens (tertiary/aromatic N) is 1. The first-order chi connectivity index (χ1) is 9.20. The molecule has 5 nitrogen and oxygen atoms in total. The highest BCUT2D eigenvalue weighted by atomic mass is 16.2. The molecule has 0 fully saturated rings. The van der Waals surface area contributed by atoms with E-state index in [2.05, 4.69) is 10.4 Å². The Morgan fingerprint density at radius 3 is 2.95 bits per heavy atom. The molecule has 1 amide bonds. The van der Waals surface area contributed by atoms with E-state index in [1.807, 2.05) is 24.3 Å². The molecular weight excluding hydrogens is 240 g/mol. The van der Waals surface area contributed by atoms with E-state index in [-0.39, 0.29) is 11.8 Å². The lowest BCUT2D eigenvalue weighted by atomic mass is 9.84. The van der Waals surface area contributed by atoms with Crippen molar-refractivity contribution in [2.24, 2.45) is 11.8 Å². The second-order valence-electron chi connectivity index (χ2n) is 4.92. The SMILES string of the molecule is NNC(=O)C1CCc2nc3ccccc3c(N)c2C1. The lowest BCUT2D eigenvalue weighted by molar-refractivity contribution is -0.125. The van der Waals surface area contributed by atoms with Crippen LogP contribution in [0.4, 0.5) is 5.69 Å². The first kappa shape index (κ1) is 11.9. The lowest BCUT2D eigenvalue weighted by Gasteiger charge is -2.24. The molecule has 98 valence electrons. The fourth-order valence-corrected chi connectivity index (χ4v) is 2.77. The number of rotatable bonds is 1. The second-order valence-corrected chi connectivity index (χ2v) is 4.92. The van der Waals surface area contributed by atoms with Crippen LogP contribution in [-0.2, 0) is 17.6 Å². The van der Waals surface area contributed by atoms with Crippen LogP contribution in [0.15, 0.2) is 24.3 Å². The van der Waals surface area contributed by atoms with Crippen LogP contribution in [-0.4, -0.2) is 10.9 Å². The molecule has 1 aliphatic rings. The predicted octanol–water partition coefficient (Wildman–Crippen LogP) is 0.912. The molecule has 3 rings (SSSR count). The number of anilines is 1. The Morgan fingerprint density at radius 1 is 1.37 bits per heavy atom. The highest BCUT2D eigenvalue weighted by molar-refractivity contribution is 5.92. The van der Waals surface area contributed by atoms with Crippen molar-refractivity contribution in [3.63, 3.8) is 0 Å². The minimum absolute atomic E-state index is 0.109. The topological polar surface area (TPSA) is 94.0 Å². The molecule has 2 aromatic rings. The van der Waals surface area contributed by atoms with Crippen molar-refractivity contribution in [2.75, 3.05) is 5.73 Å². The van der Waals surface area contributed by atoms with Crippen molar-refractivity contribution in [1.29, 1.82) is 0 Å². The van der Waals surface area contributed by atoms with Crippen molar-refractivity contribution in [1.82, 2.24) is 10.4 Å². The first-order valence-corrected chi connectivity index (χ1v) is 6.37. The standard InChI is InChI=1S/C14H16N4O/c15-13-9-3-1-2-4-11(9)17-12-6-5-8(7-10(12)13)14(19)18-16/h1-4,8H,5-7,16H2,(H2,15,17)(H,18,19). The fraction of sp³-hybridized carbons (Fsp3) is 0.286. The van der Waals surface area contributed by atoms with Gasteiger partial charge in [0.15, 0.2) is 0 Å². The minimum Gasteiger partial charge on any atom is -0.398 e. The van der Waals surface area contributed by atoms with Gasteiger partial charge in [-0.25, -0.2) is 5.84 Å². The number of hydrazine groups is 1. The summed E-state index contributed by atoms with van der Waals surface area (Å²) in [5.74, 6) is 4.97. The summed E-state index contributed by atoms with van der Waals surface area (Å²) in [5, 5.41) is 0.954. The lowest BCUT2D eigenvalue weighted by Crippen LogP contribution is -2.38. The van der Waals surface area contributed by atoms with E-state index >= 15 is 0 Å². The molecule has 19 heavy (non-hydrogen) atoms. The van der Waals surface area contributed by atoms with Crippen molar-refractivity contribution < 1.29 is 4.79 Å². The third-order valence-electron chi connectivity index (χ3n) is 3.82. The molecule has 0 spiro atoms. The maximum Gasteiger partial charge on any atom is 0.237 e. The van der Waals surface area contributed by atoms with Gasteiger partial charge >= 0.3 is 0 Å². The third kappa shape index (κ3) is 1.92. The van der Waals surface area contributed by atoms with E-state index in [4.69, 9.17) is 11.6 Å². The quantitative estimate of drug-likeness (QED) is 0.401. The number of nitrogens with two attached hydrogens (primary N) is 2. The first-order valence-electron chi connectivity index (χ1n) is 6.37. The summed E-state index contributed by atoms with van der Waals surface area (Å²) in [6.07, 6.45) is 2.14. The number of fused-ring (bicyclic) bond motifs is 2. The van der Waals surface area contributed by atoms with E-state index < -0.39 is 0 Å². The zero-order chi connectivity index (χ0) is 13.4. The third-order valence-corrected chi connectivity index (χ3v) is 3.82. The molecule has 1 aromatic carbocycles. The maximum absolute atomic E-state index is 11.7. The minimum atomic E-state index is -0.127. The number of nitrogen functional groups attached to an aromatic ring is 1. The predicted molar refractivity (Wildman–Crippen MR) is 74.0 cm³/mol. The Kier molecular flexibility index (Phi) is 2.83. The molecule has 0 bridgehead atoms. The Morgan fingerprint density at radius 2 is 2.16 bits per heavy atom. The molecule has 0 saturated carbocycles. The van der Waals surface area contributed by atoms with Gasteiger partial charge < -0.3 is 5.73 Å². The van der Waals surface area contributed by atoms with Crippen molar-refractivity contribution in [3.05, 3.63) is 35.5 Å². The van der Waals surface area contributed by atoms with Gasteiger partial charge in [-0.3, -0.25) is 15.2 Å². The molecule has 1 aromatic heterocycles. The van der Waals surface area contributed by atoms with E-state index in [9.17, 15) is 4.79 Å². The van der Waals surface area contributed by atoms with Gasteiger partial charge in [0.1, 0.15) is 0 Å². The molecular formula is C14H16N4O. The van der Waals surface area contributed by atoms with Crippen molar-refractivity contribution in [3.8, 4) is 0 Å². The van der Waals surface area contributed by atoms with Gasteiger partial charge in [0.2, 0.25) is 5.91 Å². The van der Waals surface area contributed by atoms with E-state index in [0.717, 1.165) is 40.7 Å². The van der Waals surface area contributed by atoms with Crippen LogP contribution in [0.5, 0.6) is 0 Å². The molecule has 1 aliphatic carbocycles. The Labute approximate surface area is 111 Å². The van der Waals surface area contributed by atoms with Crippen LogP contribution in [0.1, 0.15) is 17.7 Å². The molecule has 0 radical (unpaired) electrons. The highest BCUT2D eigenvalue weighted by Gasteiger charge is 2.27. The zero-order valence-electron chi connectivity index (χ0n) is 10.5. The van der Waals surface area contributed by atoms with Gasteiger partial charge in [-0.2, -0.15) is 0 Å². The van der Waals surface area contributed by atoms with Gasteiger partial charge in [0.05, 0.1) is 5.52 Å². The molecule has 1 heterocycles. The van der Waals surface area contributed by atoms with Crippen LogP contribution in [0.3, 0.4) is 0 Å². The number of aryl methyl sites for hydroxylation is 1. The summed E-state index contributed by atoms with van der Waals surface area (Å²) in [5.41, 5.74) is 12.1. The number of pyridine rings is 1. The summed E-state index contributed by atoms with van der Waals surface area (Å²) >= 11 is 0. The summed E-state index contributed by atoms with van der Waals surface area (Å²) in [6, 6.07) is 7.82. The van der Waals surface area contributed by atoms with Crippen LogP contribution in [0, 0.1) is 5.92 Å². The maximum atomic E-state index is 11.7. The van der Waals surface area contributed by atoms with Crippen molar-refractivity contribution in [2.45, 2.75) is 19.3 Å². The molecule has 1 atom stereocenters. The van der Waals surface area contributed by atoms with Crippen LogP contribution in [0.2, 0.25) is 0 Å². The Balaban J connectivity index is 2.09. The van der Waals surface area contributed by atoms with Crippen LogP contribution < -0.4 is 17.0 Å². The average molecular weight is 256 g/mol. The van der Waals surface area contributed by atoms with Gasteiger partial charge in [0, 0.05) is 22.7 Å². The van der Waals surface area contributed by atoms with Gasteiger partial charge in [-0.05, 0) is 30.9 Å². The summed E-state index contributed by atoms with van der Waals surface area (Å²) < 4.78 is 0. The number of amides is 1. The average Bonchev–Trinajstić information content (AvgIpc) is 2.46. The number of para-hydroxylation sites is 1. The number of aromatic nitrogens is 1. The highest BCUT2D eigenvalue weighted by Crippen LogP contribution is 2.33. The Bertz CT molecular complexity index is 653. The normalized spacial score (nSPS) is 18.1. The Hall–Kier alpha value is -2.14. The molecule has 5 N–H and O–H groups in total. The van der Waals surface area contributed by atoms with Crippen molar-refractivity contribution >= 4 is 22.5 Å². The van der Waals surface area contributed by atoms with Gasteiger partial charge in [-0.15, -0.1) is 0 Å². The number of hydrogen-bond donors (Lipinski definition) is 3. The summed E-state index contributed by atoms with van der Waals surface area (Å²) in [4.78, 5) is 16.3. The fourth-order valence-electron chi connectivity index (χ4n) is 2.77. The molecule has 0 saturated heterocycles. The second kappa shape index (κ2) is 4.51. The van der Waals surface area contributed by atoms with Gasteiger partial charge in [-0.1, -0.05) is 18.2 Å². The number of benzene rings is 1. The van der Waals surface area contributed by atoms with Crippen LogP contribution in [0.25, 0.3) is 10.9 Å². The summed E-state index contributed by atoms with van der Waals surface area (Å²) in [6.45, 7) is 0. The van der Waals surface area contributed by atoms with E-state index in [0.29, 0.717) is 6.42 Å².